The smallest absolute Gasteiger partial charge is 0.273 e. The van der Waals surface area contributed by atoms with E-state index in [1.54, 1.807) is 13.0 Å². The lowest BCUT2D eigenvalue weighted by atomic mass is 10.1. The largest absolute Gasteiger partial charge is 0.325 e. The molecule has 0 aliphatic rings. The summed E-state index contributed by atoms with van der Waals surface area (Å²) >= 11 is 0. The number of benzene rings is 1. The summed E-state index contributed by atoms with van der Waals surface area (Å²) in [5, 5.41) is 0. The van der Waals surface area contributed by atoms with Gasteiger partial charge in [0.2, 0.25) is 10.0 Å². The highest BCUT2D eigenvalue weighted by Gasteiger charge is 2.29. The Bertz CT molecular complexity index is 535. The van der Waals surface area contributed by atoms with Crippen molar-refractivity contribution in [2.24, 2.45) is 5.73 Å². The monoisotopic (exact) mass is 314 g/mol. The molecular weight excluding hydrogens is 298 g/mol. The molecule has 8 heteroatoms. The van der Waals surface area contributed by atoms with Gasteiger partial charge in [-0.1, -0.05) is 6.07 Å². The summed E-state index contributed by atoms with van der Waals surface area (Å²) in [6.45, 7) is 1.69. The van der Waals surface area contributed by atoms with Crippen molar-refractivity contribution in [3.8, 4) is 0 Å². The van der Waals surface area contributed by atoms with Gasteiger partial charge >= 0.3 is 0 Å². The van der Waals surface area contributed by atoms with Gasteiger partial charge in [-0.05, 0) is 37.1 Å². The number of hydrogen-bond donors (Lipinski definition) is 2. The first-order chi connectivity index (χ1) is 8.18. The van der Waals surface area contributed by atoms with E-state index in [2.05, 4.69) is 0 Å². The Morgan fingerprint density at radius 2 is 1.84 bits per heavy atom. The molecule has 110 valence electrons. The summed E-state index contributed by atoms with van der Waals surface area (Å²) in [7, 11) is -3.93. The average Bonchev–Trinajstić information content (AvgIpc) is 2.30. The van der Waals surface area contributed by atoms with Crippen LogP contribution in [-0.4, -0.2) is 27.4 Å². The fraction of sp³-hybridized carbons (Fsp3) is 0.455. The molecule has 0 unspecified atom stereocenters. The Morgan fingerprint density at radius 3 is 2.32 bits per heavy atom. The minimum absolute atomic E-state index is 0. The standard InChI is InChI=1S/C11H16F2N2O2S.ClH/c1-8-3-4-10(5-9(8)2)18(16,17)15-7-11(12,13)6-14;/h3-5,15H,6-7,14H2,1-2H3;1H. The van der Waals surface area contributed by atoms with Crippen LogP contribution in [0.4, 0.5) is 8.78 Å². The molecule has 0 aliphatic heterocycles. The number of nitrogens with one attached hydrogen (secondary N) is 1. The number of rotatable bonds is 5. The zero-order chi connectivity index (χ0) is 14.0. The van der Waals surface area contributed by atoms with Crippen molar-refractivity contribution in [1.82, 2.24) is 4.72 Å². The van der Waals surface area contributed by atoms with E-state index < -0.39 is 29.0 Å². The van der Waals surface area contributed by atoms with E-state index in [1.807, 2.05) is 11.6 Å². The molecular formula is C11H17ClF2N2O2S. The van der Waals surface area contributed by atoms with Gasteiger partial charge in [-0.15, -0.1) is 12.4 Å². The van der Waals surface area contributed by atoms with Crippen LogP contribution < -0.4 is 10.5 Å². The minimum Gasteiger partial charge on any atom is -0.325 e. The molecule has 0 saturated carbocycles. The van der Waals surface area contributed by atoms with Gasteiger partial charge < -0.3 is 5.73 Å². The Morgan fingerprint density at radius 1 is 1.26 bits per heavy atom. The zero-order valence-electron chi connectivity index (χ0n) is 10.6. The molecule has 1 rings (SSSR count). The van der Waals surface area contributed by atoms with Gasteiger partial charge in [0.05, 0.1) is 18.0 Å². The van der Waals surface area contributed by atoms with E-state index in [1.165, 1.54) is 12.1 Å². The molecule has 0 aliphatic carbocycles. The van der Waals surface area contributed by atoms with E-state index in [-0.39, 0.29) is 17.3 Å². The highest BCUT2D eigenvalue weighted by molar-refractivity contribution is 7.89. The first kappa shape index (κ1) is 18.2. The van der Waals surface area contributed by atoms with Crippen LogP contribution in [-0.2, 0) is 10.0 Å². The van der Waals surface area contributed by atoms with Gasteiger partial charge in [0.25, 0.3) is 5.92 Å². The number of alkyl halides is 2. The zero-order valence-corrected chi connectivity index (χ0v) is 12.2. The molecule has 0 spiro atoms. The Kier molecular flexibility index (Phi) is 6.34. The first-order valence-electron chi connectivity index (χ1n) is 5.33. The number of sulfonamides is 1. The van der Waals surface area contributed by atoms with Crippen LogP contribution in [0, 0.1) is 13.8 Å². The van der Waals surface area contributed by atoms with Crippen molar-refractivity contribution in [2.45, 2.75) is 24.7 Å². The van der Waals surface area contributed by atoms with Crippen LogP contribution in [0.3, 0.4) is 0 Å². The summed E-state index contributed by atoms with van der Waals surface area (Å²) in [5.74, 6) is -3.24. The van der Waals surface area contributed by atoms with Gasteiger partial charge in [0, 0.05) is 0 Å². The highest BCUT2D eigenvalue weighted by Crippen LogP contribution is 2.16. The Balaban J connectivity index is 0.00000324. The van der Waals surface area contributed by atoms with Crippen LogP contribution in [0.2, 0.25) is 0 Å². The Hall–Kier alpha value is -0.760. The fourth-order valence-corrected chi connectivity index (χ4v) is 2.38. The fourth-order valence-electron chi connectivity index (χ4n) is 1.24. The van der Waals surface area contributed by atoms with Gasteiger partial charge in [-0.25, -0.2) is 21.9 Å². The van der Waals surface area contributed by atoms with E-state index >= 15 is 0 Å². The van der Waals surface area contributed by atoms with Crippen molar-refractivity contribution >= 4 is 22.4 Å². The van der Waals surface area contributed by atoms with E-state index in [0.717, 1.165) is 11.1 Å². The second-order valence-electron chi connectivity index (χ2n) is 4.13. The molecule has 0 saturated heterocycles. The maximum atomic E-state index is 12.9. The molecule has 4 nitrogen and oxygen atoms in total. The summed E-state index contributed by atoms with van der Waals surface area (Å²) in [6, 6.07) is 4.45. The van der Waals surface area contributed by atoms with Crippen molar-refractivity contribution in [3.63, 3.8) is 0 Å². The lowest BCUT2D eigenvalue weighted by molar-refractivity contribution is 0.0170. The molecule has 0 heterocycles. The summed E-state index contributed by atoms with van der Waals surface area (Å²) in [5.41, 5.74) is 6.55. The van der Waals surface area contributed by atoms with Crippen molar-refractivity contribution < 1.29 is 17.2 Å². The third-order valence-electron chi connectivity index (χ3n) is 2.61. The van der Waals surface area contributed by atoms with E-state index in [4.69, 9.17) is 5.73 Å². The second kappa shape index (κ2) is 6.60. The maximum Gasteiger partial charge on any atom is 0.273 e. The number of hydrogen-bond acceptors (Lipinski definition) is 3. The lowest BCUT2D eigenvalue weighted by Crippen LogP contribution is -2.41. The van der Waals surface area contributed by atoms with Gasteiger partial charge in [-0.2, -0.15) is 0 Å². The minimum atomic E-state index is -3.93. The molecule has 1 aromatic carbocycles. The molecule has 0 bridgehead atoms. The normalized spacial score (nSPS) is 12.1. The third-order valence-corrected chi connectivity index (χ3v) is 4.01. The average molecular weight is 315 g/mol. The molecule has 0 radical (unpaired) electrons. The third kappa shape index (κ3) is 5.02. The summed E-state index contributed by atoms with van der Waals surface area (Å²) in [4.78, 5) is -0.0292. The SMILES string of the molecule is Cc1ccc(S(=O)(=O)NCC(F)(F)CN)cc1C.Cl. The van der Waals surface area contributed by atoms with Crippen LogP contribution >= 0.6 is 12.4 Å². The lowest BCUT2D eigenvalue weighted by Gasteiger charge is -2.15. The number of halogens is 3. The van der Waals surface area contributed by atoms with Crippen LogP contribution in [0.25, 0.3) is 0 Å². The van der Waals surface area contributed by atoms with Crippen LogP contribution in [0.5, 0.6) is 0 Å². The molecule has 3 N–H and O–H groups in total. The summed E-state index contributed by atoms with van der Waals surface area (Å²) in [6.07, 6.45) is 0. The van der Waals surface area contributed by atoms with Crippen LogP contribution in [0.1, 0.15) is 11.1 Å². The van der Waals surface area contributed by atoms with E-state index in [0.29, 0.717) is 0 Å². The maximum absolute atomic E-state index is 12.9. The van der Waals surface area contributed by atoms with Gasteiger partial charge in [0.15, 0.2) is 0 Å². The van der Waals surface area contributed by atoms with Gasteiger partial charge in [-0.3, -0.25) is 0 Å². The molecule has 0 atom stereocenters. The van der Waals surface area contributed by atoms with Crippen LogP contribution in [0.15, 0.2) is 23.1 Å². The molecule has 0 fully saturated rings. The van der Waals surface area contributed by atoms with Crippen molar-refractivity contribution in [1.29, 1.82) is 0 Å². The Labute approximate surface area is 117 Å². The number of aryl methyl sites for hydroxylation is 2. The van der Waals surface area contributed by atoms with Crippen molar-refractivity contribution in [3.05, 3.63) is 29.3 Å². The quantitative estimate of drug-likeness (QED) is 0.867. The topological polar surface area (TPSA) is 72.2 Å². The van der Waals surface area contributed by atoms with Crippen molar-refractivity contribution in [2.75, 3.05) is 13.1 Å². The molecule has 0 aromatic heterocycles. The summed E-state index contributed by atoms with van der Waals surface area (Å²) < 4.78 is 51.2. The highest BCUT2D eigenvalue weighted by atomic mass is 35.5. The number of nitrogens with two attached hydrogens (primary N) is 1. The molecule has 19 heavy (non-hydrogen) atoms. The van der Waals surface area contributed by atoms with E-state index in [9.17, 15) is 17.2 Å². The molecule has 1 aromatic rings. The first-order valence-corrected chi connectivity index (χ1v) is 6.81. The van der Waals surface area contributed by atoms with Gasteiger partial charge in [0.1, 0.15) is 0 Å². The predicted octanol–water partition coefficient (Wildman–Crippen LogP) is 1.60. The second-order valence-corrected chi connectivity index (χ2v) is 5.90. The predicted molar refractivity (Wildman–Crippen MR) is 72.4 cm³/mol. The molecule has 0 amide bonds.